The molecule has 1 amide bonds. The summed E-state index contributed by atoms with van der Waals surface area (Å²) in [5.41, 5.74) is 1.93. The number of carbonyl (C=O) groups excluding carboxylic acids is 2. The largest absolute Gasteiger partial charge is 0.393 e. The molecule has 214 valence electrons. The van der Waals surface area contributed by atoms with E-state index < -0.39 is 12.0 Å². The molecule has 0 aliphatic heterocycles. The van der Waals surface area contributed by atoms with Crippen LogP contribution in [-0.4, -0.2) is 34.4 Å². The molecule has 0 bridgehead atoms. The second-order valence-corrected chi connectivity index (χ2v) is 11.2. The highest BCUT2D eigenvalue weighted by Gasteiger charge is 2.26. The van der Waals surface area contributed by atoms with Crippen molar-refractivity contribution in [1.29, 1.82) is 0 Å². The number of aliphatic hydroxyl groups is 1. The van der Waals surface area contributed by atoms with Crippen molar-refractivity contribution < 1.29 is 14.7 Å². The highest BCUT2D eigenvalue weighted by molar-refractivity contribution is 5.92. The average Bonchev–Trinajstić information content (AvgIpc) is 3.31. The molecule has 0 spiro atoms. The molecule has 38 heavy (non-hydrogen) atoms. The number of aliphatic hydroxyl groups excluding tert-OH is 1. The zero-order valence-corrected chi connectivity index (χ0v) is 24.2. The first-order valence-corrected chi connectivity index (χ1v) is 15.6. The first kappa shape index (κ1) is 32.1. The van der Waals surface area contributed by atoms with Crippen molar-refractivity contribution in [3.05, 3.63) is 36.0 Å². The summed E-state index contributed by atoms with van der Waals surface area (Å²) >= 11 is 0. The number of carbonyl (C=O) groups is 2. The van der Waals surface area contributed by atoms with Gasteiger partial charge >= 0.3 is 0 Å². The van der Waals surface area contributed by atoms with Crippen LogP contribution in [0.15, 0.2) is 30.5 Å². The van der Waals surface area contributed by atoms with Gasteiger partial charge in [0.25, 0.3) is 0 Å². The fraction of sp³-hybridized carbons (Fsp3) is 0.697. The fourth-order valence-corrected chi connectivity index (χ4v) is 5.31. The molecule has 1 heterocycles. The molecule has 0 unspecified atom stereocenters. The molecular weight excluding hydrogens is 472 g/mol. The van der Waals surface area contributed by atoms with E-state index in [9.17, 15) is 14.7 Å². The second kappa shape index (κ2) is 19.9. The molecule has 1 aromatic carbocycles. The van der Waals surface area contributed by atoms with Crippen molar-refractivity contribution in [3.63, 3.8) is 0 Å². The summed E-state index contributed by atoms with van der Waals surface area (Å²) in [6.45, 7) is 4.48. The molecule has 3 N–H and O–H groups in total. The van der Waals surface area contributed by atoms with Gasteiger partial charge in [0.1, 0.15) is 5.78 Å². The zero-order chi connectivity index (χ0) is 27.4. The lowest BCUT2D eigenvalue weighted by Gasteiger charge is -2.19. The highest BCUT2D eigenvalue weighted by atomic mass is 16.3. The molecule has 0 radical (unpaired) electrons. The maximum Gasteiger partial charge on any atom is 0.226 e. The molecule has 2 atom stereocenters. The molecular formula is C33H54N2O3. The van der Waals surface area contributed by atoms with Gasteiger partial charge in [-0.05, 0) is 25.0 Å². The Morgan fingerprint density at radius 1 is 0.816 bits per heavy atom. The van der Waals surface area contributed by atoms with Gasteiger partial charge in [-0.25, -0.2) is 0 Å². The van der Waals surface area contributed by atoms with Crippen LogP contribution in [-0.2, 0) is 16.0 Å². The number of aromatic amines is 1. The van der Waals surface area contributed by atoms with Gasteiger partial charge in [-0.3, -0.25) is 9.59 Å². The van der Waals surface area contributed by atoms with Crippen LogP contribution < -0.4 is 5.32 Å². The molecule has 0 aliphatic rings. The standard InChI is InChI=1S/C33H54N2O3/c1-3-4-5-6-7-8-9-10-11-12-13-14-15-16-17-20-23-34-33(38)31(27(2)36)25-29(37)24-28-26-35-32-22-19-18-21-30(28)32/h18-19,21-22,26-27,31,35-36H,3-17,20,23-25H2,1-2H3,(H,34,38)/t27-,31+/m1/s1. The van der Waals surface area contributed by atoms with Crippen LogP contribution in [0.5, 0.6) is 0 Å². The topological polar surface area (TPSA) is 82.2 Å². The third-order valence-electron chi connectivity index (χ3n) is 7.76. The first-order chi connectivity index (χ1) is 18.5. The number of rotatable bonds is 23. The summed E-state index contributed by atoms with van der Waals surface area (Å²) in [4.78, 5) is 28.6. The number of H-pyrrole nitrogens is 1. The summed E-state index contributed by atoms with van der Waals surface area (Å²) in [5.74, 6) is -0.944. The third-order valence-corrected chi connectivity index (χ3v) is 7.76. The summed E-state index contributed by atoms with van der Waals surface area (Å²) in [7, 11) is 0. The van der Waals surface area contributed by atoms with Crippen LogP contribution in [0.4, 0.5) is 0 Å². The number of nitrogens with one attached hydrogen (secondary N) is 2. The normalized spacial score (nSPS) is 13.0. The Morgan fingerprint density at radius 3 is 1.89 bits per heavy atom. The second-order valence-electron chi connectivity index (χ2n) is 11.2. The van der Waals surface area contributed by atoms with Crippen LogP contribution in [0, 0.1) is 5.92 Å². The first-order valence-electron chi connectivity index (χ1n) is 15.6. The monoisotopic (exact) mass is 526 g/mol. The minimum Gasteiger partial charge on any atom is -0.393 e. The lowest BCUT2D eigenvalue weighted by Crippen LogP contribution is -2.38. The Kier molecular flexibility index (Phi) is 16.8. The molecule has 0 fully saturated rings. The summed E-state index contributed by atoms with van der Waals surface area (Å²) in [5, 5.41) is 14.1. The van der Waals surface area contributed by atoms with Crippen molar-refractivity contribution >= 4 is 22.6 Å². The Bertz CT molecular complexity index is 905. The maximum atomic E-state index is 12.7. The van der Waals surface area contributed by atoms with Gasteiger partial charge in [-0.1, -0.05) is 121 Å². The van der Waals surface area contributed by atoms with Crippen LogP contribution in [0.25, 0.3) is 10.9 Å². The summed E-state index contributed by atoms with van der Waals surface area (Å²) < 4.78 is 0. The van der Waals surface area contributed by atoms with Crippen molar-refractivity contribution in [3.8, 4) is 0 Å². The van der Waals surface area contributed by atoms with E-state index in [1.165, 1.54) is 89.9 Å². The van der Waals surface area contributed by atoms with E-state index >= 15 is 0 Å². The fourth-order valence-electron chi connectivity index (χ4n) is 5.31. The molecule has 5 nitrogen and oxygen atoms in total. The number of benzene rings is 1. The van der Waals surface area contributed by atoms with Crippen molar-refractivity contribution in [1.82, 2.24) is 10.3 Å². The highest BCUT2D eigenvalue weighted by Crippen LogP contribution is 2.20. The van der Waals surface area contributed by atoms with Gasteiger partial charge in [0.15, 0.2) is 0 Å². The lowest BCUT2D eigenvalue weighted by atomic mass is 9.93. The Labute approximate surface area is 231 Å². The van der Waals surface area contributed by atoms with Gasteiger partial charge in [-0.2, -0.15) is 0 Å². The molecule has 5 heteroatoms. The quantitative estimate of drug-likeness (QED) is 0.128. The van der Waals surface area contributed by atoms with Gasteiger partial charge in [-0.15, -0.1) is 0 Å². The number of para-hydroxylation sites is 1. The molecule has 1 aromatic heterocycles. The van der Waals surface area contributed by atoms with E-state index in [1.54, 1.807) is 6.92 Å². The third kappa shape index (κ3) is 13.1. The number of unbranched alkanes of at least 4 members (excludes halogenated alkanes) is 15. The minimum absolute atomic E-state index is 0.0294. The van der Waals surface area contributed by atoms with Gasteiger partial charge in [0, 0.05) is 36.5 Å². The van der Waals surface area contributed by atoms with Crippen LogP contribution >= 0.6 is 0 Å². The van der Waals surface area contributed by atoms with Crippen molar-refractivity contribution in [2.45, 2.75) is 136 Å². The Balaban J connectivity index is 1.48. The average molecular weight is 527 g/mol. The van der Waals surface area contributed by atoms with E-state index in [0.29, 0.717) is 6.54 Å². The number of hydrogen-bond acceptors (Lipinski definition) is 3. The molecule has 0 saturated heterocycles. The van der Waals surface area contributed by atoms with E-state index in [-0.39, 0.29) is 24.5 Å². The Hall–Kier alpha value is -2.14. The van der Waals surface area contributed by atoms with Crippen LogP contribution in [0.3, 0.4) is 0 Å². The van der Waals surface area contributed by atoms with Gasteiger partial charge < -0.3 is 15.4 Å². The number of fused-ring (bicyclic) bond motifs is 1. The van der Waals surface area contributed by atoms with Crippen LogP contribution in [0.2, 0.25) is 0 Å². The van der Waals surface area contributed by atoms with E-state index in [0.717, 1.165) is 29.3 Å². The lowest BCUT2D eigenvalue weighted by molar-refractivity contribution is -0.132. The maximum absolute atomic E-state index is 12.7. The SMILES string of the molecule is CCCCCCCCCCCCCCCCCCNC(=O)[C@@H](CC(=O)Cc1c[nH]c2ccccc12)[C@@H](C)O. The smallest absolute Gasteiger partial charge is 0.226 e. The number of ketones is 1. The van der Waals surface area contributed by atoms with Gasteiger partial charge in [0.2, 0.25) is 5.91 Å². The number of amides is 1. The van der Waals surface area contributed by atoms with Crippen molar-refractivity contribution in [2.75, 3.05) is 6.54 Å². The zero-order valence-electron chi connectivity index (χ0n) is 24.2. The summed E-state index contributed by atoms with van der Waals surface area (Å²) in [6, 6.07) is 7.88. The van der Waals surface area contributed by atoms with E-state index in [1.807, 2.05) is 30.5 Å². The molecule has 2 aromatic rings. The molecule has 2 rings (SSSR count). The van der Waals surface area contributed by atoms with Crippen molar-refractivity contribution in [2.24, 2.45) is 5.92 Å². The molecule has 0 saturated carbocycles. The Morgan fingerprint density at radius 2 is 1.34 bits per heavy atom. The number of hydrogen-bond donors (Lipinski definition) is 3. The minimum atomic E-state index is -0.854. The summed E-state index contributed by atoms with van der Waals surface area (Å²) in [6.07, 6.45) is 22.5. The van der Waals surface area contributed by atoms with E-state index in [2.05, 4.69) is 17.2 Å². The van der Waals surface area contributed by atoms with E-state index in [4.69, 9.17) is 0 Å². The van der Waals surface area contributed by atoms with Gasteiger partial charge in [0.05, 0.1) is 12.0 Å². The number of Topliss-reactive ketones (excluding diaryl/α,β-unsaturated/α-hetero) is 1. The predicted molar refractivity (Wildman–Crippen MR) is 159 cm³/mol. The van der Waals surface area contributed by atoms with Crippen LogP contribution in [0.1, 0.15) is 129 Å². The number of aromatic nitrogens is 1. The molecule has 0 aliphatic carbocycles. The predicted octanol–water partition coefficient (Wildman–Crippen LogP) is 8.04.